The molecule has 0 amide bonds. The van der Waals surface area contributed by atoms with Gasteiger partial charge in [-0.05, 0) is 5.92 Å². The maximum absolute atomic E-state index is 10.9. The number of esters is 1. The van der Waals surface area contributed by atoms with Crippen LogP contribution in [-0.2, 0) is 9.53 Å². The van der Waals surface area contributed by atoms with Crippen molar-refractivity contribution in [2.75, 3.05) is 13.2 Å². The first-order valence-corrected chi connectivity index (χ1v) is 3.62. The van der Waals surface area contributed by atoms with E-state index in [1.807, 2.05) is 13.8 Å². The number of hydrogen-bond donors (Lipinski definition) is 2. The van der Waals surface area contributed by atoms with E-state index < -0.39 is 12.0 Å². The molecular formula is C7H15NO3. The number of aliphatic hydroxyl groups is 1. The van der Waals surface area contributed by atoms with Gasteiger partial charge in [0, 0.05) is 0 Å². The molecule has 0 saturated carbocycles. The van der Waals surface area contributed by atoms with Crippen LogP contribution in [0.1, 0.15) is 13.8 Å². The Morgan fingerprint density at radius 1 is 1.64 bits per heavy atom. The zero-order valence-corrected chi connectivity index (χ0v) is 6.91. The van der Waals surface area contributed by atoms with Crippen LogP contribution in [0, 0.1) is 5.92 Å². The lowest BCUT2D eigenvalue weighted by molar-refractivity contribution is -0.147. The van der Waals surface area contributed by atoms with Gasteiger partial charge in [0.2, 0.25) is 0 Å². The number of carbonyl (C=O) groups is 1. The van der Waals surface area contributed by atoms with E-state index >= 15 is 0 Å². The third-order valence-electron chi connectivity index (χ3n) is 1.33. The predicted molar refractivity (Wildman–Crippen MR) is 40.9 cm³/mol. The van der Waals surface area contributed by atoms with Crippen LogP contribution in [-0.4, -0.2) is 30.3 Å². The first-order valence-electron chi connectivity index (χ1n) is 3.62. The van der Waals surface area contributed by atoms with E-state index in [-0.39, 0.29) is 19.1 Å². The summed E-state index contributed by atoms with van der Waals surface area (Å²) in [5, 5.41) is 8.32. The van der Waals surface area contributed by atoms with E-state index in [1.54, 1.807) is 0 Å². The second-order valence-electron chi connectivity index (χ2n) is 2.66. The van der Waals surface area contributed by atoms with E-state index in [1.165, 1.54) is 0 Å². The summed E-state index contributed by atoms with van der Waals surface area (Å²) >= 11 is 0. The monoisotopic (exact) mass is 161 g/mol. The fourth-order valence-electron chi connectivity index (χ4n) is 0.515. The van der Waals surface area contributed by atoms with Crippen molar-refractivity contribution in [3.05, 3.63) is 0 Å². The maximum Gasteiger partial charge on any atom is 0.323 e. The zero-order valence-electron chi connectivity index (χ0n) is 6.91. The van der Waals surface area contributed by atoms with Gasteiger partial charge in [0.25, 0.3) is 0 Å². The molecule has 0 aromatic heterocycles. The van der Waals surface area contributed by atoms with Crippen molar-refractivity contribution < 1.29 is 14.6 Å². The van der Waals surface area contributed by atoms with Crippen LogP contribution in [0.3, 0.4) is 0 Å². The second kappa shape index (κ2) is 5.09. The Morgan fingerprint density at radius 2 is 2.18 bits per heavy atom. The van der Waals surface area contributed by atoms with Crippen molar-refractivity contribution in [1.82, 2.24) is 0 Å². The topological polar surface area (TPSA) is 72.6 Å². The Hall–Kier alpha value is -0.610. The normalized spacial score (nSPS) is 13.2. The number of carbonyl (C=O) groups excluding carboxylic acids is 1. The van der Waals surface area contributed by atoms with Crippen molar-refractivity contribution >= 4 is 5.97 Å². The Bertz CT molecular complexity index is 125. The van der Waals surface area contributed by atoms with Crippen LogP contribution >= 0.6 is 0 Å². The molecule has 0 aliphatic carbocycles. The standard InChI is InChI=1S/C7H15NO3/c1-5(2)6(8)7(10)11-4-3-9/h5-6,9H,3-4,8H2,1-2H3. The fraction of sp³-hybridized carbons (Fsp3) is 0.857. The fourth-order valence-corrected chi connectivity index (χ4v) is 0.515. The molecular weight excluding hydrogens is 146 g/mol. The van der Waals surface area contributed by atoms with E-state index in [2.05, 4.69) is 4.74 Å². The van der Waals surface area contributed by atoms with Gasteiger partial charge in [-0.2, -0.15) is 0 Å². The van der Waals surface area contributed by atoms with Crippen LogP contribution in [0.15, 0.2) is 0 Å². The van der Waals surface area contributed by atoms with Crippen molar-refractivity contribution in [3.63, 3.8) is 0 Å². The molecule has 66 valence electrons. The summed E-state index contributed by atoms with van der Waals surface area (Å²) < 4.78 is 4.60. The molecule has 0 aliphatic heterocycles. The molecule has 0 heterocycles. The summed E-state index contributed by atoms with van der Waals surface area (Å²) in [6, 6.07) is -0.582. The Balaban J connectivity index is 3.64. The van der Waals surface area contributed by atoms with Gasteiger partial charge in [-0.15, -0.1) is 0 Å². The molecule has 0 fully saturated rings. The minimum absolute atomic E-state index is 0.0270. The van der Waals surface area contributed by atoms with Crippen molar-refractivity contribution in [2.24, 2.45) is 11.7 Å². The van der Waals surface area contributed by atoms with Gasteiger partial charge in [0.1, 0.15) is 12.6 Å². The molecule has 0 bridgehead atoms. The quantitative estimate of drug-likeness (QED) is 0.545. The van der Waals surface area contributed by atoms with E-state index in [0.29, 0.717) is 0 Å². The van der Waals surface area contributed by atoms with Crippen LogP contribution in [0.5, 0.6) is 0 Å². The molecule has 0 aromatic carbocycles. The van der Waals surface area contributed by atoms with Crippen LogP contribution in [0.4, 0.5) is 0 Å². The second-order valence-corrected chi connectivity index (χ2v) is 2.66. The van der Waals surface area contributed by atoms with E-state index in [0.717, 1.165) is 0 Å². The summed E-state index contributed by atoms with van der Waals surface area (Å²) in [4.78, 5) is 10.9. The van der Waals surface area contributed by atoms with Crippen molar-refractivity contribution in [2.45, 2.75) is 19.9 Å². The van der Waals surface area contributed by atoms with Gasteiger partial charge >= 0.3 is 5.97 Å². The highest BCUT2D eigenvalue weighted by Gasteiger charge is 2.17. The molecule has 4 nitrogen and oxygen atoms in total. The number of ether oxygens (including phenoxy) is 1. The van der Waals surface area contributed by atoms with Crippen molar-refractivity contribution in [3.8, 4) is 0 Å². The minimum Gasteiger partial charge on any atom is -0.462 e. The molecule has 3 N–H and O–H groups in total. The summed E-state index contributed by atoms with van der Waals surface area (Å²) in [6.07, 6.45) is 0. The molecule has 0 radical (unpaired) electrons. The molecule has 0 saturated heterocycles. The van der Waals surface area contributed by atoms with Gasteiger partial charge in [0.15, 0.2) is 0 Å². The van der Waals surface area contributed by atoms with Gasteiger partial charge < -0.3 is 15.6 Å². The highest BCUT2D eigenvalue weighted by atomic mass is 16.5. The Kier molecular flexibility index (Phi) is 4.81. The summed E-state index contributed by atoms with van der Waals surface area (Å²) in [7, 11) is 0. The van der Waals surface area contributed by atoms with Gasteiger partial charge in [-0.3, -0.25) is 4.79 Å². The molecule has 0 rings (SSSR count). The van der Waals surface area contributed by atoms with Gasteiger partial charge in [-0.1, -0.05) is 13.8 Å². The molecule has 4 heteroatoms. The van der Waals surface area contributed by atoms with Crippen LogP contribution in [0.2, 0.25) is 0 Å². The average molecular weight is 161 g/mol. The highest BCUT2D eigenvalue weighted by molar-refractivity contribution is 5.75. The SMILES string of the molecule is CC(C)C(N)C(=O)OCCO. The maximum atomic E-state index is 10.9. The van der Waals surface area contributed by atoms with E-state index in [4.69, 9.17) is 10.8 Å². The molecule has 0 spiro atoms. The largest absolute Gasteiger partial charge is 0.462 e. The Morgan fingerprint density at radius 3 is 2.55 bits per heavy atom. The Labute approximate surface area is 66.3 Å². The molecule has 1 unspecified atom stereocenters. The highest BCUT2D eigenvalue weighted by Crippen LogP contribution is 1.99. The summed E-state index contributed by atoms with van der Waals surface area (Å²) in [6.45, 7) is 3.55. The number of nitrogens with two attached hydrogens (primary N) is 1. The lowest BCUT2D eigenvalue weighted by Crippen LogP contribution is -2.37. The lowest BCUT2D eigenvalue weighted by Gasteiger charge is -2.13. The number of rotatable bonds is 4. The first kappa shape index (κ1) is 10.4. The smallest absolute Gasteiger partial charge is 0.323 e. The minimum atomic E-state index is -0.582. The van der Waals surface area contributed by atoms with Crippen LogP contribution < -0.4 is 5.73 Å². The molecule has 1 atom stereocenters. The van der Waals surface area contributed by atoms with Crippen molar-refractivity contribution in [1.29, 1.82) is 0 Å². The number of hydrogen-bond acceptors (Lipinski definition) is 4. The van der Waals surface area contributed by atoms with E-state index in [9.17, 15) is 4.79 Å². The lowest BCUT2D eigenvalue weighted by atomic mass is 10.1. The molecule has 0 aromatic rings. The van der Waals surface area contributed by atoms with Gasteiger partial charge in [0.05, 0.1) is 6.61 Å². The van der Waals surface area contributed by atoms with Gasteiger partial charge in [-0.25, -0.2) is 0 Å². The molecule has 0 aliphatic rings. The summed E-state index contributed by atoms with van der Waals surface area (Å²) in [5.74, 6) is -0.379. The summed E-state index contributed by atoms with van der Waals surface area (Å²) in [5.41, 5.74) is 5.44. The average Bonchev–Trinajstić information content (AvgIpc) is 1.98. The predicted octanol–water partition coefficient (Wildman–Crippen LogP) is -0.495. The third-order valence-corrected chi connectivity index (χ3v) is 1.33. The first-order chi connectivity index (χ1) is 5.09. The number of aliphatic hydroxyl groups excluding tert-OH is 1. The van der Waals surface area contributed by atoms with Crippen LogP contribution in [0.25, 0.3) is 0 Å². The third kappa shape index (κ3) is 3.95. The molecule has 11 heavy (non-hydrogen) atoms. The zero-order chi connectivity index (χ0) is 8.85.